The highest BCUT2D eigenvalue weighted by molar-refractivity contribution is 5.04. The van der Waals surface area contributed by atoms with Crippen LogP contribution in [0.25, 0.3) is 0 Å². The number of nitrogens with one attached hydrogen (secondary N) is 1. The Hall–Kier alpha value is -0.830. The van der Waals surface area contributed by atoms with E-state index in [9.17, 15) is 0 Å². The first kappa shape index (κ1) is 12.6. The summed E-state index contributed by atoms with van der Waals surface area (Å²) in [5.41, 5.74) is 1.66. The van der Waals surface area contributed by atoms with Crippen molar-refractivity contribution in [3.05, 3.63) is 18.0 Å². The highest BCUT2D eigenvalue weighted by Crippen LogP contribution is 2.39. The van der Waals surface area contributed by atoms with Crippen molar-refractivity contribution in [3.63, 3.8) is 0 Å². The summed E-state index contributed by atoms with van der Waals surface area (Å²) >= 11 is 0. The first-order valence-corrected chi connectivity index (χ1v) is 6.80. The Morgan fingerprint density at radius 3 is 2.65 bits per heavy atom. The summed E-state index contributed by atoms with van der Waals surface area (Å²) in [5.74, 6) is 0. The molecule has 0 amide bonds. The van der Waals surface area contributed by atoms with Crippen LogP contribution in [0.3, 0.4) is 0 Å². The highest BCUT2D eigenvalue weighted by atomic mass is 15.2. The van der Waals surface area contributed by atoms with Crippen molar-refractivity contribution in [1.82, 2.24) is 15.1 Å². The second kappa shape index (κ2) is 5.21. The Bertz CT molecular complexity index is 350. The summed E-state index contributed by atoms with van der Waals surface area (Å²) < 4.78 is 1.89. The van der Waals surface area contributed by atoms with Crippen LogP contribution in [0.15, 0.2) is 12.3 Å². The van der Waals surface area contributed by atoms with E-state index in [0.717, 1.165) is 6.42 Å². The fourth-order valence-corrected chi connectivity index (χ4v) is 3.19. The van der Waals surface area contributed by atoms with E-state index in [0.29, 0.717) is 11.5 Å². The first-order chi connectivity index (χ1) is 8.14. The summed E-state index contributed by atoms with van der Waals surface area (Å²) in [7, 11) is 4.08. The van der Waals surface area contributed by atoms with Crippen molar-refractivity contribution in [3.8, 4) is 0 Å². The number of nitrogens with zero attached hydrogens (tertiary/aromatic N) is 2. The van der Waals surface area contributed by atoms with E-state index >= 15 is 0 Å². The van der Waals surface area contributed by atoms with Gasteiger partial charge in [-0.25, -0.2) is 0 Å². The van der Waals surface area contributed by atoms with Crippen LogP contribution >= 0.6 is 0 Å². The van der Waals surface area contributed by atoms with Crippen molar-refractivity contribution in [2.45, 2.75) is 51.5 Å². The predicted octanol–water partition coefficient (Wildman–Crippen LogP) is 2.52. The monoisotopic (exact) mass is 235 g/mol. The molecule has 0 aliphatic heterocycles. The molecular weight excluding hydrogens is 210 g/mol. The molecule has 17 heavy (non-hydrogen) atoms. The van der Waals surface area contributed by atoms with Crippen LogP contribution in [-0.2, 0) is 13.5 Å². The van der Waals surface area contributed by atoms with Crippen LogP contribution in [0.4, 0.5) is 0 Å². The Morgan fingerprint density at radius 2 is 2.12 bits per heavy atom. The maximum Gasteiger partial charge on any atom is 0.0640 e. The van der Waals surface area contributed by atoms with Crippen LogP contribution < -0.4 is 5.32 Å². The van der Waals surface area contributed by atoms with Gasteiger partial charge in [-0.2, -0.15) is 5.10 Å². The van der Waals surface area contributed by atoms with Gasteiger partial charge in [0, 0.05) is 25.7 Å². The lowest BCUT2D eigenvalue weighted by Gasteiger charge is -2.40. The average Bonchev–Trinajstić information content (AvgIpc) is 2.72. The van der Waals surface area contributed by atoms with E-state index in [-0.39, 0.29) is 0 Å². The van der Waals surface area contributed by atoms with Crippen LogP contribution in [0.1, 0.15) is 44.7 Å². The molecule has 2 rings (SSSR count). The van der Waals surface area contributed by atoms with Crippen LogP contribution in [0.5, 0.6) is 0 Å². The first-order valence-electron chi connectivity index (χ1n) is 6.80. The Labute approximate surface area is 105 Å². The normalized spacial score (nSPS) is 21.4. The van der Waals surface area contributed by atoms with Crippen molar-refractivity contribution in [1.29, 1.82) is 0 Å². The SMILES string of the molecule is CNC(Cc1ccn(C)n1)C1(C)CCCCC1. The van der Waals surface area contributed by atoms with Gasteiger partial charge >= 0.3 is 0 Å². The van der Waals surface area contributed by atoms with Gasteiger partial charge in [0.1, 0.15) is 0 Å². The van der Waals surface area contributed by atoms with Gasteiger partial charge in [0.2, 0.25) is 0 Å². The van der Waals surface area contributed by atoms with Crippen molar-refractivity contribution in [2.24, 2.45) is 12.5 Å². The van der Waals surface area contributed by atoms with Crippen LogP contribution in [0.2, 0.25) is 0 Å². The second-order valence-corrected chi connectivity index (χ2v) is 5.74. The van der Waals surface area contributed by atoms with E-state index < -0.39 is 0 Å². The Kier molecular flexibility index (Phi) is 3.87. The lowest BCUT2D eigenvalue weighted by Crippen LogP contribution is -2.44. The van der Waals surface area contributed by atoms with Crippen molar-refractivity contribution in [2.75, 3.05) is 7.05 Å². The van der Waals surface area contributed by atoms with E-state index in [1.54, 1.807) is 0 Å². The van der Waals surface area contributed by atoms with Crippen molar-refractivity contribution >= 4 is 0 Å². The van der Waals surface area contributed by atoms with Crippen molar-refractivity contribution < 1.29 is 0 Å². The van der Waals surface area contributed by atoms with Crippen LogP contribution in [-0.4, -0.2) is 22.9 Å². The lowest BCUT2D eigenvalue weighted by molar-refractivity contribution is 0.148. The molecule has 0 bridgehead atoms. The molecule has 1 aliphatic carbocycles. The molecule has 3 nitrogen and oxygen atoms in total. The number of likely N-dealkylation sites (N-methyl/N-ethyl adjacent to an activating group) is 1. The zero-order valence-corrected chi connectivity index (χ0v) is 11.4. The molecule has 1 heterocycles. The molecule has 0 radical (unpaired) electrons. The van der Waals surface area contributed by atoms with Gasteiger partial charge in [0.05, 0.1) is 5.69 Å². The quantitative estimate of drug-likeness (QED) is 0.869. The number of rotatable bonds is 4. The third-order valence-corrected chi connectivity index (χ3v) is 4.37. The lowest BCUT2D eigenvalue weighted by atomic mass is 9.69. The molecule has 1 N–H and O–H groups in total. The van der Waals surface area contributed by atoms with Gasteiger partial charge in [0.25, 0.3) is 0 Å². The Morgan fingerprint density at radius 1 is 1.41 bits per heavy atom. The molecule has 0 spiro atoms. The molecule has 1 saturated carbocycles. The molecule has 96 valence electrons. The van der Waals surface area contributed by atoms with Crippen LogP contribution in [0, 0.1) is 5.41 Å². The van der Waals surface area contributed by atoms with E-state index in [1.807, 2.05) is 17.9 Å². The molecule has 1 aromatic heterocycles. The summed E-state index contributed by atoms with van der Waals surface area (Å²) in [6.07, 6.45) is 9.97. The Balaban J connectivity index is 2.05. The maximum atomic E-state index is 4.50. The molecule has 1 fully saturated rings. The third kappa shape index (κ3) is 2.89. The molecular formula is C14H25N3. The van der Waals surface area contributed by atoms with Gasteiger partial charge in [-0.3, -0.25) is 4.68 Å². The molecule has 1 unspecified atom stereocenters. The van der Waals surface area contributed by atoms with Gasteiger partial charge in [-0.05, 0) is 31.4 Å². The zero-order valence-electron chi connectivity index (χ0n) is 11.4. The number of hydrogen-bond acceptors (Lipinski definition) is 2. The number of aryl methyl sites for hydroxylation is 1. The standard InChI is InChI=1S/C14H25N3/c1-14(8-5-4-6-9-14)13(15-2)11-12-7-10-17(3)16-12/h7,10,13,15H,4-6,8-9,11H2,1-3H3. The fraction of sp³-hybridized carbons (Fsp3) is 0.786. The number of aromatic nitrogens is 2. The summed E-state index contributed by atoms with van der Waals surface area (Å²) in [4.78, 5) is 0. The number of hydrogen-bond donors (Lipinski definition) is 1. The second-order valence-electron chi connectivity index (χ2n) is 5.74. The summed E-state index contributed by atoms with van der Waals surface area (Å²) in [6.45, 7) is 2.44. The third-order valence-electron chi connectivity index (χ3n) is 4.37. The van der Waals surface area contributed by atoms with Gasteiger partial charge in [-0.1, -0.05) is 26.2 Å². The fourth-order valence-electron chi connectivity index (χ4n) is 3.19. The maximum absolute atomic E-state index is 4.50. The van der Waals surface area contributed by atoms with E-state index in [4.69, 9.17) is 0 Å². The minimum atomic E-state index is 0.449. The molecule has 0 saturated heterocycles. The summed E-state index contributed by atoms with van der Waals surface area (Å²) in [5, 5.41) is 8.02. The largest absolute Gasteiger partial charge is 0.316 e. The van der Waals surface area contributed by atoms with E-state index in [2.05, 4.69) is 30.5 Å². The smallest absolute Gasteiger partial charge is 0.0640 e. The molecule has 3 heteroatoms. The van der Waals surface area contributed by atoms with Gasteiger partial charge < -0.3 is 5.32 Å². The average molecular weight is 235 g/mol. The van der Waals surface area contributed by atoms with Gasteiger partial charge in [-0.15, -0.1) is 0 Å². The predicted molar refractivity (Wildman–Crippen MR) is 71.0 cm³/mol. The highest BCUT2D eigenvalue weighted by Gasteiger charge is 2.34. The molecule has 0 aromatic carbocycles. The van der Waals surface area contributed by atoms with Gasteiger partial charge in [0.15, 0.2) is 0 Å². The van der Waals surface area contributed by atoms with E-state index in [1.165, 1.54) is 37.8 Å². The topological polar surface area (TPSA) is 29.9 Å². The molecule has 1 aromatic rings. The minimum Gasteiger partial charge on any atom is -0.316 e. The summed E-state index contributed by atoms with van der Waals surface area (Å²) in [6, 6.07) is 2.69. The zero-order chi connectivity index (χ0) is 12.3. The molecule has 1 atom stereocenters. The minimum absolute atomic E-state index is 0.449. The molecule has 1 aliphatic rings.